The van der Waals surface area contributed by atoms with E-state index in [9.17, 15) is 9.59 Å². The number of anilines is 2. The van der Waals surface area contributed by atoms with Gasteiger partial charge in [0.2, 0.25) is 5.91 Å². The number of aromatic carboxylic acids is 1. The number of nitrogens with zero attached hydrogens (tertiary/aromatic N) is 2. The number of nitrogen functional groups attached to an aromatic ring is 1. The van der Waals surface area contributed by atoms with Gasteiger partial charge >= 0.3 is 5.97 Å². The van der Waals surface area contributed by atoms with Crippen molar-refractivity contribution in [1.82, 2.24) is 4.90 Å². The van der Waals surface area contributed by atoms with E-state index in [0.29, 0.717) is 18.8 Å². The van der Waals surface area contributed by atoms with Crippen molar-refractivity contribution in [3.05, 3.63) is 23.8 Å². The van der Waals surface area contributed by atoms with Crippen molar-refractivity contribution in [3.8, 4) is 0 Å². The highest BCUT2D eigenvalue weighted by Gasteiger charge is 2.18. The fraction of sp³-hybridized carbons (Fsp3) is 0.429. The molecule has 0 bridgehead atoms. The van der Waals surface area contributed by atoms with Crippen LogP contribution in [-0.4, -0.2) is 48.1 Å². The van der Waals surface area contributed by atoms with Gasteiger partial charge < -0.3 is 20.6 Å². The summed E-state index contributed by atoms with van der Waals surface area (Å²) >= 11 is 0. The number of carboxylic acids is 1. The molecule has 0 aliphatic carbocycles. The van der Waals surface area contributed by atoms with Crippen LogP contribution in [0, 0.1) is 0 Å². The van der Waals surface area contributed by atoms with Crippen LogP contribution < -0.4 is 10.6 Å². The molecule has 20 heavy (non-hydrogen) atoms. The maximum Gasteiger partial charge on any atom is 0.335 e. The van der Waals surface area contributed by atoms with Crippen LogP contribution in [0.2, 0.25) is 0 Å². The summed E-state index contributed by atoms with van der Waals surface area (Å²) in [5.74, 6) is -0.900. The molecular weight excluding hydrogens is 258 g/mol. The van der Waals surface area contributed by atoms with Crippen LogP contribution in [0.3, 0.4) is 0 Å². The number of carboxylic acid groups (broad SMARTS) is 1. The summed E-state index contributed by atoms with van der Waals surface area (Å²) in [6.45, 7) is 4.50. The molecule has 1 aliphatic heterocycles. The molecule has 3 N–H and O–H groups in total. The summed E-state index contributed by atoms with van der Waals surface area (Å²) in [7, 11) is 0. The number of carbonyl (C=O) groups excluding carboxylic acids is 1. The number of rotatable bonds is 2. The maximum absolute atomic E-state index is 11.4. The number of hydrogen-bond donors (Lipinski definition) is 2. The summed E-state index contributed by atoms with van der Waals surface area (Å²) in [6.07, 6.45) is 0.875. The third-order valence-electron chi connectivity index (χ3n) is 3.56. The lowest BCUT2D eigenvalue weighted by Gasteiger charge is -2.24. The minimum absolute atomic E-state index is 0.0843. The average molecular weight is 277 g/mol. The second-order valence-electron chi connectivity index (χ2n) is 4.93. The number of amides is 1. The van der Waals surface area contributed by atoms with Crippen LogP contribution >= 0.6 is 0 Å². The number of benzene rings is 1. The van der Waals surface area contributed by atoms with Crippen molar-refractivity contribution >= 4 is 23.3 Å². The molecule has 0 radical (unpaired) electrons. The molecular formula is C14H19N3O3. The molecule has 1 amide bonds. The molecule has 1 heterocycles. The van der Waals surface area contributed by atoms with Gasteiger partial charge in [0.15, 0.2) is 0 Å². The second kappa shape index (κ2) is 5.81. The summed E-state index contributed by atoms with van der Waals surface area (Å²) in [4.78, 5) is 26.2. The number of hydrogen-bond acceptors (Lipinski definition) is 4. The highest BCUT2D eigenvalue weighted by Crippen LogP contribution is 2.25. The fourth-order valence-corrected chi connectivity index (χ4v) is 2.45. The van der Waals surface area contributed by atoms with Gasteiger partial charge in [0, 0.05) is 33.1 Å². The Kier molecular flexibility index (Phi) is 4.12. The van der Waals surface area contributed by atoms with Crippen LogP contribution in [0.1, 0.15) is 23.7 Å². The van der Waals surface area contributed by atoms with Crippen LogP contribution in [0.4, 0.5) is 11.4 Å². The fourth-order valence-electron chi connectivity index (χ4n) is 2.45. The number of carbonyl (C=O) groups is 2. The standard InChI is InChI=1S/C14H19N3O3/c1-10(18)16-5-2-6-17(8-7-16)13-4-3-11(14(19)20)9-12(13)15/h3-4,9H,2,5-8,15H2,1H3,(H,19,20). The van der Waals surface area contributed by atoms with E-state index < -0.39 is 5.97 Å². The van der Waals surface area contributed by atoms with Gasteiger partial charge in [-0.2, -0.15) is 0 Å². The Balaban J connectivity index is 2.15. The van der Waals surface area contributed by atoms with E-state index in [1.54, 1.807) is 19.1 Å². The Bertz CT molecular complexity index is 530. The van der Waals surface area contributed by atoms with E-state index >= 15 is 0 Å². The first-order chi connectivity index (χ1) is 9.49. The molecule has 1 aliphatic rings. The van der Waals surface area contributed by atoms with Gasteiger partial charge in [-0.15, -0.1) is 0 Å². The molecule has 6 nitrogen and oxygen atoms in total. The summed E-state index contributed by atoms with van der Waals surface area (Å²) < 4.78 is 0. The highest BCUT2D eigenvalue weighted by molar-refractivity contribution is 5.90. The highest BCUT2D eigenvalue weighted by atomic mass is 16.4. The van der Waals surface area contributed by atoms with Gasteiger partial charge in [0.05, 0.1) is 16.9 Å². The smallest absolute Gasteiger partial charge is 0.335 e. The largest absolute Gasteiger partial charge is 0.478 e. The van der Waals surface area contributed by atoms with Crippen molar-refractivity contribution in [2.75, 3.05) is 36.8 Å². The average Bonchev–Trinajstić information content (AvgIpc) is 2.64. The minimum atomic E-state index is -0.984. The van der Waals surface area contributed by atoms with E-state index in [2.05, 4.69) is 4.90 Å². The van der Waals surface area contributed by atoms with Gasteiger partial charge in [-0.3, -0.25) is 4.79 Å². The van der Waals surface area contributed by atoms with Crippen LogP contribution in [-0.2, 0) is 4.79 Å². The lowest BCUT2D eigenvalue weighted by molar-refractivity contribution is -0.128. The molecule has 0 aromatic heterocycles. The van der Waals surface area contributed by atoms with Gasteiger partial charge in [-0.05, 0) is 24.6 Å². The first-order valence-corrected chi connectivity index (χ1v) is 6.62. The second-order valence-corrected chi connectivity index (χ2v) is 4.93. The third-order valence-corrected chi connectivity index (χ3v) is 3.56. The molecule has 6 heteroatoms. The molecule has 0 spiro atoms. The third kappa shape index (κ3) is 3.01. The van der Waals surface area contributed by atoms with E-state index in [4.69, 9.17) is 10.8 Å². The Morgan fingerprint density at radius 3 is 2.55 bits per heavy atom. The van der Waals surface area contributed by atoms with Gasteiger partial charge in [0.25, 0.3) is 0 Å². The Morgan fingerprint density at radius 2 is 1.95 bits per heavy atom. The molecule has 0 unspecified atom stereocenters. The predicted molar refractivity (Wildman–Crippen MR) is 76.9 cm³/mol. The molecule has 0 saturated carbocycles. The molecule has 1 aromatic carbocycles. The van der Waals surface area contributed by atoms with E-state index in [-0.39, 0.29) is 11.5 Å². The van der Waals surface area contributed by atoms with Crippen LogP contribution in [0.15, 0.2) is 18.2 Å². The zero-order valence-electron chi connectivity index (χ0n) is 11.5. The molecule has 108 valence electrons. The van der Waals surface area contributed by atoms with Gasteiger partial charge in [0.1, 0.15) is 0 Å². The quantitative estimate of drug-likeness (QED) is 0.788. The maximum atomic E-state index is 11.4. The molecule has 2 rings (SSSR count). The summed E-state index contributed by atoms with van der Waals surface area (Å²) in [5, 5.41) is 8.94. The molecule has 0 atom stereocenters. The zero-order valence-corrected chi connectivity index (χ0v) is 11.5. The van der Waals surface area contributed by atoms with Crippen LogP contribution in [0.5, 0.6) is 0 Å². The Hall–Kier alpha value is -2.24. The monoisotopic (exact) mass is 277 g/mol. The van der Waals surface area contributed by atoms with E-state index in [1.807, 2.05) is 4.90 Å². The van der Waals surface area contributed by atoms with Gasteiger partial charge in [-0.25, -0.2) is 4.79 Å². The first-order valence-electron chi connectivity index (χ1n) is 6.62. The van der Waals surface area contributed by atoms with E-state index in [0.717, 1.165) is 25.2 Å². The lowest BCUT2D eigenvalue weighted by atomic mass is 10.1. The van der Waals surface area contributed by atoms with Crippen molar-refractivity contribution in [2.45, 2.75) is 13.3 Å². The normalized spacial score (nSPS) is 15.8. The van der Waals surface area contributed by atoms with Crippen LogP contribution in [0.25, 0.3) is 0 Å². The first kappa shape index (κ1) is 14.2. The Labute approximate surface area is 117 Å². The van der Waals surface area contributed by atoms with E-state index in [1.165, 1.54) is 6.07 Å². The zero-order chi connectivity index (χ0) is 14.7. The number of nitrogens with two attached hydrogens (primary N) is 1. The SMILES string of the molecule is CC(=O)N1CCCN(c2ccc(C(=O)O)cc2N)CC1. The lowest BCUT2D eigenvalue weighted by Crippen LogP contribution is -2.33. The van der Waals surface area contributed by atoms with Crippen molar-refractivity contribution in [2.24, 2.45) is 0 Å². The van der Waals surface area contributed by atoms with Crippen molar-refractivity contribution in [3.63, 3.8) is 0 Å². The minimum Gasteiger partial charge on any atom is -0.478 e. The summed E-state index contributed by atoms with van der Waals surface area (Å²) in [6, 6.07) is 4.77. The Morgan fingerprint density at radius 1 is 1.20 bits per heavy atom. The van der Waals surface area contributed by atoms with Crippen molar-refractivity contribution < 1.29 is 14.7 Å². The predicted octanol–water partition coefficient (Wildman–Crippen LogP) is 1.03. The summed E-state index contributed by atoms with van der Waals surface area (Å²) in [5.41, 5.74) is 7.43. The van der Waals surface area contributed by atoms with Crippen molar-refractivity contribution in [1.29, 1.82) is 0 Å². The topological polar surface area (TPSA) is 86.9 Å². The molecule has 1 fully saturated rings. The molecule has 1 saturated heterocycles. The molecule has 1 aromatic rings. The van der Waals surface area contributed by atoms with Gasteiger partial charge in [-0.1, -0.05) is 0 Å².